The number of amides is 1. The Kier molecular flexibility index (Phi) is 5.71. The van der Waals surface area contributed by atoms with Crippen LogP contribution >= 0.6 is 0 Å². The van der Waals surface area contributed by atoms with E-state index in [0.29, 0.717) is 28.2 Å². The number of benzene rings is 3. The number of rotatable bonds is 6. The molecule has 1 amide bonds. The van der Waals surface area contributed by atoms with Crippen molar-refractivity contribution in [2.24, 2.45) is 0 Å². The maximum atomic E-state index is 12.5. The molecule has 1 N–H and O–H groups in total. The lowest BCUT2D eigenvalue weighted by Crippen LogP contribution is -2.14. The molecule has 6 nitrogen and oxygen atoms in total. The Bertz CT molecular complexity index is 1270. The molecule has 0 fully saturated rings. The summed E-state index contributed by atoms with van der Waals surface area (Å²) in [4.78, 5) is 24.8. The second-order valence-corrected chi connectivity index (χ2v) is 6.99. The fraction of sp³-hybridized carbons (Fsp3) is 0.120. The van der Waals surface area contributed by atoms with Gasteiger partial charge in [0.25, 0.3) is 0 Å². The lowest BCUT2D eigenvalue weighted by Gasteiger charge is -2.08. The molecule has 0 aliphatic carbocycles. The molecule has 0 atom stereocenters. The number of nitrogens with one attached hydrogen (secondary N) is 1. The number of hydrogen-bond acceptors (Lipinski definition) is 5. The van der Waals surface area contributed by atoms with E-state index in [0.717, 1.165) is 16.9 Å². The van der Waals surface area contributed by atoms with Gasteiger partial charge in [0.2, 0.25) is 5.91 Å². The van der Waals surface area contributed by atoms with E-state index in [-0.39, 0.29) is 17.8 Å². The first-order chi connectivity index (χ1) is 15.1. The topological polar surface area (TPSA) is 77.8 Å². The number of carbonyl (C=O) groups excluding carboxylic acids is 1. The molecule has 0 aliphatic rings. The van der Waals surface area contributed by atoms with Crippen LogP contribution in [0.15, 0.2) is 82.0 Å². The van der Waals surface area contributed by atoms with Crippen LogP contribution < -0.4 is 20.2 Å². The van der Waals surface area contributed by atoms with Crippen molar-refractivity contribution in [3.63, 3.8) is 0 Å². The molecular weight excluding hydrogens is 394 g/mol. The SMILES string of the molecule is COc1ccc(CC(=O)Nc2ccc(-c3cc(=O)c4cc(OC)ccc4o3)cc2)cc1. The van der Waals surface area contributed by atoms with Gasteiger partial charge in [0.1, 0.15) is 22.8 Å². The summed E-state index contributed by atoms with van der Waals surface area (Å²) in [6.07, 6.45) is 0.259. The first kappa shape index (κ1) is 20.2. The predicted octanol–water partition coefficient (Wildman–Crippen LogP) is 4.66. The van der Waals surface area contributed by atoms with Crippen molar-refractivity contribution >= 4 is 22.6 Å². The van der Waals surface area contributed by atoms with Crippen LogP contribution in [0.2, 0.25) is 0 Å². The van der Waals surface area contributed by atoms with E-state index in [1.807, 2.05) is 24.3 Å². The molecule has 1 aromatic heterocycles. The molecule has 0 spiro atoms. The summed E-state index contributed by atoms with van der Waals surface area (Å²) in [5.41, 5.74) is 2.63. The lowest BCUT2D eigenvalue weighted by molar-refractivity contribution is -0.115. The summed E-state index contributed by atoms with van der Waals surface area (Å²) in [6, 6.07) is 21.1. The highest BCUT2D eigenvalue weighted by atomic mass is 16.5. The van der Waals surface area contributed by atoms with E-state index >= 15 is 0 Å². The summed E-state index contributed by atoms with van der Waals surface area (Å²) in [6.45, 7) is 0. The monoisotopic (exact) mass is 415 g/mol. The maximum Gasteiger partial charge on any atom is 0.228 e. The highest BCUT2D eigenvalue weighted by Gasteiger charge is 2.09. The van der Waals surface area contributed by atoms with Crippen LogP contribution in [-0.4, -0.2) is 20.1 Å². The minimum absolute atomic E-state index is 0.121. The molecule has 0 radical (unpaired) electrons. The minimum Gasteiger partial charge on any atom is -0.497 e. The quantitative estimate of drug-likeness (QED) is 0.496. The van der Waals surface area contributed by atoms with E-state index in [2.05, 4.69) is 5.32 Å². The summed E-state index contributed by atoms with van der Waals surface area (Å²) in [5.74, 6) is 1.68. The number of fused-ring (bicyclic) bond motifs is 1. The molecule has 3 aromatic carbocycles. The van der Waals surface area contributed by atoms with Crippen LogP contribution in [-0.2, 0) is 11.2 Å². The molecule has 156 valence electrons. The minimum atomic E-state index is -0.146. The zero-order valence-corrected chi connectivity index (χ0v) is 17.2. The fourth-order valence-corrected chi connectivity index (χ4v) is 3.26. The third-order valence-electron chi connectivity index (χ3n) is 4.91. The van der Waals surface area contributed by atoms with E-state index < -0.39 is 0 Å². The van der Waals surface area contributed by atoms with Crippen LogP contribution in [0.25, 0.3) is 22.3 Å². The van der Waals surface area contributed by atoms with Crippen LogP contribution in [0, 0.1) is 0 Å². The molecule has 4 aromatic rings. The van der Waals surface area contributed by atoms with Gasteiger partial charge in [-0.15, -0.1) is 0 Å². The molecule has 0 saturated heterocycles. The third-order valence-corrected chi connectivity index (χ3v) is 4.91. The molecule has 0 bridgehead atoms. The van der Waals surface area contributed by atoms with Crippen molar-refractivity contribution in [2.45, 2.75) is 6.42 Å². The first-order valence-corrected chi connectivity index (χ1v) is 9.71. The molecule has 4 rings (SSSR count). The van der Waals surface area contributed by atoms with Gasteiger partial charge in [0, 0.05) is 17.3 Å². The fourth-order valence-electron chi connectivity index (χ4n) is 3.26. The molecule has 0 unspecified atom stereocenters. The summed E-state index contributed by atoms with van der Waals surface area (Å²) in [5, 5.41) is 3.34. The van der Waals surface area contributed by atoms with Crippen molar-refractivity contribution < 1.29 is 18.7 Å². The zero-order valence-electron chi connectivity index (χ0n) is 17.2. The molecule has 31 heavy (non-hydrogen) atoms. The van der Waals surface area contributed by atoms with Crippen molar-refractivity contribution in [2.75, 3.05) is 19.5 Å². The Balaban J connectivity index is 1.48. The number of methoxy groups -OCH3 is 2. The van der Waals surface area contributed by atoms with Crippen LogP contribution in [0.4, 0.5) is 5.69 Å². The van der Waals surface area contributed by atoms with E-state index in [9.17, 15) is 9.59 Å². The highest BCUT2D eigenvalue weighted by Crippen LogP contribution is 2.25. The van der Waals surface area contributed by atoms with E-state index in [4.69, 9.17) is 13.9 Å². The van der Waals surface area contributed by atoms with E-state index in [1.165, 1.54) is 6.07 Å². The van der Waals surface area contributed by atoms with Crippen molar-refractivity contribution in [1.29, 1.82) is 0 Å². The Morgan fingerprint density at radius 2 is 1.55 bits per heavy atom. The van der Waals surface area contributed by atoms with Crippen LogP contribution in [0.5, 0.6) is 11.5 Å². The van der Waals surface area contributed by atoms with Gasteiger partial charge in [-0.05, 0) is 60.2 Å². The first-order valence-electron chi connectivity index (χ1n) is 9.71. The van der Waals surface area contributed by atoms with Crippen LogP contribution in [0.1, 0.15) is 5.56 Å². The second-order valence-electron chi connectivity index (χ2n) is 6.99. The molecule has 6 heteroatoms. The summed E-state index contributed by atoms with van der Waals surface area (Å²) in [7, 11) is 3.15. The van der Waals surface area contributed by atoms with Gasteiger partial charge < -0.3 is 19.2 Å². The van der Waals surface area contributed by atoms with Crippen LogP contribution in [0.3, 0.4) is 0 Å². The predicted molar refractivity (Wildman–Crippen MR) is 120 cm³/mol. The smallest absolute Gasteiger partial charge is 0.228 e. The van der Waals surface area contributed by atoms with Crippen molar-refractivity contribution in [3.8, 4) is 22.8 Å². The van der Waals surface area contributed by atoms with Gasteiger partial charge in [0.05, 0.1) is 26.0 Å². The van der Waals surface area contributed by atoms with Crippen molar-refractivity contribution in [3.05, 3.63) is 88.6 Å². The largest absolute Gasteiger partial charge is 0.497 e. The summed E-state index contributed by atoms with van der Waals surface area (Å²) >= 11 is 0. The lowest BCUT2D eigenvalue weighted by atomic mass is 10.1. The zero-order chi connectivity index (χ0) is 21.8. The Morgan fingerprint density at radius 3 is 2.23 bits per heavy atom. The Morgan fingerprint density at radius 1 is 0.871 bits per heavy atom. The van der Waals surface area contributed by atoms with E-state index in [1.54, 1.807) is 56.7 Å². The third kappa shape index (κ3) is 4.59. The van der Waals surface area contributed by atoms with Gasteiger partial charge in [-0.2, -0.15) is 0 Å². The average molecular weight is 415 g/mol. The normalized spacial score (nSPS) is 10.6. The number of carbonyl (C=O) groups is 1. The van der Waals surface area contributed by atoms with Gasteiger partial charge in [-0.1, -0.05) is 12.1 Å². The number of ether oxygens (including phenoxy) is 2. The molecule has 0 saturated carbocycles. The molecular formula is C25H21NO5. The number of anilines is 1. The average Bonchev–Trinajstić information content (AvgIpc) is 2.79. The van der Waals surface area contributed by atoms with Gasteiger partial charge >= 0.3 is 0 Å². The highest BCUT2D eigenvalue weighted by molar-refractivity contribution is 5.92. The molecule has 0 aliphatic heterocycles. The molecule has 1 heterocycles. The van der Waals surface area contributed by atoms with Gasteiger partial charge in [-0.3, -0.25) is 9.59 Å². The maximum absolute atomic E-state index is 12.5. The van der Waals surface area contributed by atoms with Gasteiger partial charge in [-0.25, -0.2) is 0 Å². The number of hydrogen-bond donors (Lipinski definition) is 1. The Hall–Kier alpha value is -4.06. The van der Waals surface area contributed by atoms with Gasteiger partial charge in [0.15, 0.2) is 5.43 Å². The second kappa shape index (κ2) is 8.75. The standard InChI is InChI=1S/C25H21NO5/c1-29-19-9-3-16(4-10-19)13-25(28)26-18-7-5-17(6-8-18)24-15-22(27)21-14-20(30-2)11-12-23(21)31-24/h3-12,14-15H,13H2,1-2H3,(H,26,28). The van der Waals surface area contributed by atoms with Crippen molar-refractivity contribution in [1.82, 2.24) is 0 Å². The summed E-state index contributed by atoms with van der Waals surface area (Å²) < 4.78 is 16.2. The Labute approximate surface area is 179 Å².